The largest absolute Gasteiger partial charge is 0.480 e. The predicted octanol–water partition coefficient (Wildman–Crippen LogP) is 1.19. The molecule has 1 N–H and O–H groups in total. The molecule has 7 nitrogen and oxygen atoms in total. The minimum absolute atomic E-state index is 0.0807. The molecule has 0 aromatic carbocycles. The smallest absolute Gasteiger partial charge is 0.323 e. The SMILES string of the molecule is Cc1ccn2c(=O)c(C(=O)N(CC(=O)O)CC(C)C)cnc2c1. The first kappa shape index (κ1) is 16.7. The third-order valence-electron chi connectivity index (χ3n) is 3.29. The predicted molar refractivity (Wildman–Crippen MR) is 84.6 cm³/mol. The van der Waals surface area contributed by atoms with E-state index < -0.39 is 24.0 Å². The molecule has 0 bridgehead atoms. The van der Waals surface area contributed by atoms with Crippen molar-refractivity contribution in [2.24, 2.45) is 5.92 Å². The van der Waals surface area contributed by atoms with Crippen LogP contribution in [0.15, 0.2) is 29.3 Å². The Hall–Kier alpha value is -2.70. The summed E-state index contributed by atoms with van der Waals surface area (Å²) in [5, 5.41) is 8.97. The van der Waals surface area contributed by atoms with E-state index in [1.807, 2.05) is 20.8 Å². The molecule has 0 aliphatic rings. The Labute approximate surface area is 133 Å². The van der Waals surface area contributed by atoms with Crippen LogP contribution in [0.5, 0.6) is 0 Å². The van der Waals surface area contributed by atoms with E-state index in [0.29, 0.717) is 5.65 Å². The summed E-state index contributed by atoms with van der Waals surface area (Å²) in [5.74, 6) is -1.66. The molecule has 0 atom stereocenters. The van der Waals surface area contributed by atoms with Gasteiger partial charge in [-0.1, -0.05) is 13.8 Å². The molecule has 0 unspecified atom stereocenters. The normalized spacial score (nSPS) is 11.0. The number of pyridine rings is 1. The Morgan fingerprint density at radius 2 is 2.09 bits per heavy atom. The van der Waals surface area contributed by atoms with Crippen LogP contribution in [0.25, 0.3) is 5.65 Å². The molecule has 0 saturated heterocycles. The topological polar surface area (TPSA) is 92.0 Å². The van der Waals surface area contributed by atoms with Crippen LogP contribution in [0.2, 0.25) is 0 Å². The summed E-state index contributed by atoms with van der Waals surface area (Å²) in [4.78, 5) is 41.3. The lowest BCUT2D eigenvalue weighted by atomic mass is 10.2. The molecular formula is C16H19N3O4. The van der Waals surface area contributed by atoms with Crippen molar-refractivity contribution in [2.45, 2.75) is 20.8 Å². The number of hydrogen-bond acceptors (Lipinski definition) is 4. The van der Waals surface area contributed by atoms with Crippen LogP contribution in [0.3, 0.4) is 0 Å². The molecule has 2 aromatic heterocycles. The van der Waals surface area contributed by atoms with Crippen LogP contribution < -0.4 is 5.56 Å². The highest BCUT2D eigenvalue weighted by Crippen LogP contribution is 2.07. The number of amides is 1. The number of carboxylic acids is 1. The second-order valence-corrected chi connectivity index (χ2v) is 5.88. The number of aryl methyl sites for hydroxylation is 1. The van der Waals surface area contributed by atoms with E-state index in [0.717, 1.165) is 10.5 Å². The third kappa shape index (κ3) is 3.74. The summed E-state index contributed by atoms with van der Waals surface area (Å²) in [5.41, 5.74) is 0.760. The number of rotatable bonds is 5. The number of fused-ring (bicyclic) bond motifs is 1. The zero-order valence-corrected chi connectivity index (χ0v) is 13.3. The zero-order chi connectivity index (χ0) is 17.1. The van der Waals surface area contributed by atoms with Gasteiger partial charge in [0, 0.05) is 18.9 Å². The summed E-state index contributed by atoms with van der Waals surface area (Å²) in [6, 6.07) is 3.48. The van der Waals surface area contributed by atoms with Gasteiger partial charge in [-0.05, 0) is 30.5 Å². The molecule has 0 aliphatic carbocycles. The van der Waals surface area contributed by atoms with Crippen LogP contribution >= 0.6 is 0 Å². The van der Waals surface area contributed by atoms with Crippen LogP contribution in [-0.2, 0) is 4.79 Å². The molecule has 0 spiro atoms. The zero-order valence-electron chi connectivity index (χ0n) is 13.3. The Bertz CT molecular complexity index is 811. The van der Waals surface area contributed by atoms with Gasteiger partial charge in [0.25, 0.3) is 11.5 Å². The maximum atomic E-state index is 12.6. The van der Waals surface area contributed by atoms with Crippen molar-refractivity contribution in [3.05, 3.63) is 46.0 Å². The highest BCUT2D eigenvalue weighted by Gasteiger charge is 2.23. The first-order valence-electron chi connectivity index (χ1n) is 7.28. The second kappa shape index (κ2) is 6.60. The van der Waals surface area contributed by atoms with Crippen LogP contribution in [0, 0.1) is 12.8 Å². The van der Waals surface area contributed by atoms with E-state index in [1.54, 1.807) is 18.3 Å². The summed E-state index contributed by atoms with van der Waals surface area (Å²) in [7, 11) is 0. The lowest BCUT2D eigenvalue weighted by Crippen LogP contribution is -2.41. The lowest BCUT2D eigenvalue weighted by molar-refractivity contribution is -0.137. The van der Waals surface area contributed by atoms with Crippen molar-refractivity contribution >= 4 is 17.5 Å². The van der Waals surface area contributed by atoms with Gasteiger partial charge < -0.3 is 10.0 Å². The number of aromatic nitrogens is 2. The first-order valence-corrected chi connectivity index (χ1v) is 7.28. The molecule has 0 saturated carbocycles. The number of carbonyl (C=O) groups is 2. The maximum absolute atomic E-state index is 12.6. The summed E-state index contributed by atoms with van der Waals surface area (Å²) >= 11 is 0. The fourth-order valence-corrected chi connectivity index (χ4v) is 2.32. The molecule has 7 heteroatoms. The molecule has 23 heavy (non-hydrogen) atoms. The van der Waals surface area contributed by atoms with Crippen molar-refractivity contribution < 1.29 is 14.7 Å². The number of carboxylic acid groups (broad SMARTS) is 1. The van der Waals surface area contributed by atoms with Crippen molar-refractivity contribution in [1.29, 1.82) is 0 Å². The lowest BCUT2D eigenvalue weighted by Gasteiger charge is -2.22. The summed E-state index contributed by atoms with van der Waals surface area (Å²) in [6.07, 6.45) is 2.77. The Morgan fingerprint density at radius 1 is 1.39 bits per heavy atom. The van der Waals surface area contributed by atoms with E-state index in [1.165, 1.54) is 10.6 Å². The summed E-state index contributed by atoms with van der Waals surface area (Å²) < 4.78 is 1.29. The minimum atomic E-state index is -1.12. The first-order chi connectivity index (χ1) is 10.8. The quantitative estimate of drug-likeness (QED) is 0.894. The second-order valence-electron chi connectivity index (χ2n) is 5.88. The molecular weight excluding hydrogens is 298 g/mol. The van der Waals surface area contributed by atoms with Gasteiger partial charge in [-0.3, -0.25) is 18.8 Å². The van der Waals surface area contributed by atoms with E-state index in [2.05, 4.69) is 4.98 Å². The molecule has 1 amide bonds. The van der Waals surface area contributed by atoms with Crippen molar-refractivity contribution in [3.8, 4) is 0 Å². The number of hydrogen-bond donors (Lipinski definition) is 1. The van der Waals surface area contributed by atoms with Crippen molar-refractivity contribution in [2.75, 3.05) is 13.1 Å². The van der Waals surface area contributed by atoms with Gasteiger partial charge in [-0.2, -0.15) is 0 Å². The molecule has 2 rings (SSSR count). The van der Waals surface area contributed by atoms with Crippen LogP contribution in [0.4, 0.5) is 0 Å². The highest BCUT2D eigenvalue weighted by molar-refractivity contribution is 5.95. The highest BCUT2D eigenvalue weighted by atomic mass is 16.4. The average molecular weight is 317 g/mol. The van der Waals surface area contributed by atoms with Gasteiger partial charge in [0.05, 0.1) is 0 Å². The number of nitrogens with zero attached hydrogens (tertiary/aromatic N) is 3. The van der Waals surface area contributed by atoms with Gasteiger partial charge in [-0.15, -0.1) is 0 Å². The fraction of sp³-hybridized carbons (Fsp3) is 0.375. The molecule has 2 aromatic rings. The van der Waals surface area contributed by atoms with Gasteiger partial charge in [0.1, 0.15) is 17.8 Å². The molecule has 122 valence electrons. The van der Waals surface area contributed by atoms with Gasteiger partial charge >= 0.3 is 5.97 Å². The van der Waals surface area contributed by atoms with E-state index in [9.17, 15) is 14.4 Å². The molecule has 2 heterocycles. The van der Waals surface area contributed by atoms with Crippen molar-refractivity contribution in [3.63, 3.8) is 0 Å². The maximum Gasteiger partial charge on any atom is 0.323 e. The van der Waals surface area contributed by atoms with Gasteiger partial charge in [-0.25, -0.2) is 4.98 Å². The standard InChI is InChI=1S/C16H19N3O4/c1-10(2)8-18(9-14(20)21)15(22)12-7-17-13-6-11(3)4-5-19(13)16(12)23/h4-7,10H,8-9H2,1-3H3,(H,20,21). The Morgan fingerprint density at radius 3 is 2.70 bits per heavy atom. The van der Waals surface area contributed by atoms with E-state index >= 15 is 0 Å². The van der Waals surface area contributed by atoms with Crippen molar-refractivity contribution in [1.82, 2.24) is 14.3 Å². The third-order valence-corrected chi connectivity index (χ3v) is 3.29. The van der Waals surface area contributed by atoms with Gasteiger partial charge in [0.2, 0.25) is 0 Å². The number of carbonyl (C=O) groups excluding carboxylic acids is 1. The fourth-order valence-electron chi connectivity index (χ4n) is 2.32. The Balaban J connectivity index is 2.46. The minimum Gasteiger partial charge on any atom is -0.480 e. The monoisotopic (exact) mass is 317 g/mol. The van der Waals surface area contributed by atoms with Gasteiger partial charge in [0.15, 0.2) is 0 Å². The molecule has 0 radical (unpaired) electrons. The van der Waals surface area contributed by atoms with E-state index in [-0.39, 0.29) is 18.0 Å². The Kier molecular flexibility index (Phi) is 4.78. The molecule has 0 fully saturated rings. The summed E-state index contributed by atoms with van der Waals surface area (Å²) in [6.45, 7) is 5.42. The van der Waals surface area contributed by atoms with Crippen LogP contribution in [-0.4, -0.2) is 44.4 Å². The number of aliphatic carboxylic acids is 1. The van der Waals surface area contributed by atoms with E-state index in [4.69, 9.17) is 5.11 Å². The van der Waals surface area contributed by atoms with Crippen LogP contribution in [0.1, 0.15) is 29.8 Å². The average Bonchev–Trinajstić information content (AvgIpc) is 2.45. The molecule has 0 aliphatic heterocycles.